The maximum Gasteiger partial charge on any atom is 0.0826 e. The summed E-state index contributed by atoms with van der Waals surface area (Å²) in [5, 5.41) is 4.28. The maximum absolute atomic E-state index is 4.28. The third-order valence-electron chi connectivity index (χ3n) is 4.02. The molecule has 0 saturated carbocycles. The molecule has 1 aromatic rings. The third kappa shape index (κ3) is 3.97. The number of rotatable bonds is 4. The van der Waals surface area contributed by atoms with E-state index < -0.39 is 0 Å². The standard InChI is InChI=1S/C14H26N4S/c1-11(2)14-13(19-16-15-14)10-18-8-5-6-12(7-9-18)17(3)4/h11-12H,5-10H2,1-4H3/t12-/m0/s1. The minimum Gasteiger partial charge on any atom is -0.306 e. The van der Waals surface area contributed by atoms with Crippen molar-refractivity contribution in [2.75, 3.05) is 27.2 Å². The minimum atomic E-state index is 0.482. The van der Waals surface area contributed by atoms with Gasteiger partial charge in [0.05, 0.1) is 10.6 Å². The van der Waals surface area contributed by atoms with Gasteiger partial charge in [-0.3, -0.25) is 4.90 Å². The first-order chi connectivity index (χ1) is 9.08. The molecule has 1 fully saturated rings. The van der Waals surface area contributed by atoms with Gasteiger partial charge in [-0.05, 0) is 57.4 Å². The molecule has 0 unspecified atom stereocenters. The summed E-state index contributed by atoms with van der Waals surface area (Å²) in [6.45, 7) is 7.83. The molecule has 0 amide bonds. The fourth-order valence-electron chi connectivity index (χ4n) is 2.78. The van der Waals surface area contributed by atoms with Crippen LogP contribution in [-0.2, 0) is 6.54 Å². The van der Waals surface area contributed by atoms with Crippen molar-refractivity contribution in [3.63, 3.8) is 0 Å². The van der Waals surface area contributed by atoms with Crippen LogP contribution in [0.25, 0.3) is 0 Å². The lowest BCUT2D eigenvalue weighted by atomic mass is 10.1. The van der Waals surface area contributed by atoms with Crippen molar-refractivity contribution in [3.05, 3.63) is 10.6 Å². The summed E-state index contributed by atoms with van der Waals surface area (Å²) in [4.78, 5) is 6.31. The quantitative estimate of drug-likeness (QED) is 0.849. The highest BCUT2D eigenvalue weighted by molar-refractivity contribution is 7.05. The molecule has 2 heterocycles. The summed E-state index contributed by atoms with van der Waals surface area (Å²) in [7, 11) is 4.40. The van der Waals surface area contributed by atoms with Crippen molar-refractivity contribution in [1.82, 2.24) is 19.4 Å². The Balaban J connectivity index is 1.94. The van der Waals surface area contributed by atoms with Crippen molar-refractivity contribution in [1.29, 1.82) is 0 Å². The molecule has 0 N–H and O–H groups in total. The van der Waals surface area contributed by atoms with Crippen LogP contribution >= 0.6 is 11.5 Å². The van der Waals surface area contributed by atoms with Gasteiger partial charge in [-0.25, -0.2) is 0 Å². The first-order valence-electron chi connectivity index (χ1n) is 7.28. The van der Waals surface area contributed by atoms with Gasteiger partial charge in [0.2, 0.25) is 0 Å². The first kappa shape index (κ1) is 14.9. The zero-order chi connectivity index (χ0) is 13.8. The van der Waals surface area contributed by atoms with Crippen LogP contribution in [0.4, 0.5) is 0 Å². The summed E-state index contributed by atoms with van der Waals surface area (Å²) in [6, 6.07) is 0.745. The molecule has 2 rings (SSSR count). The molecule has 1 aliphatic heterocycles. The summed E-state index contributed by atoms with van der Waals surface area (Å²) in [6.07, 6.45) is 3.89. The Morgan fingerprint density at radius 3 is 2.79 bits per heavy atom. The molecule has 0 bridgehead atoms. The Hall–Kier alpha value is -0.520. The molecule has 1 saturated heterocycles. The van der Waals surface area contributed by atoms with Crippen molar-refractivity contribution >= 4 is 11.5 Å². The molecule has 19 heavy (non-hydrogen) atoms. The van der Waals surface area contributed by atoms with Gasteiger partial charge in [-0.2, -0.15) is 0 Å². The fraction of sp³-hybridized carbons (Fsp3) is 0.857. The van der Waals surface area contributed by atoms with Crippen LogP contribution in [0, 0.1) is 0 Å². The molecule has 5 heteroatoms. The predicted octanol–water partition coefficient (Wildman–Crippen LogP) is 2.58. The normalized spacial score (nSPS) is 22.1. The molecule has 0 aromatic carbocycles. The maximum atomic E-state index is 4.28. The second kappa shape index (κ2) is 6.77. The molecule has 108 valence electrons. The van der Waals surface area contributed by atoms with Crippen molar-refractivity contribution in [2.24, 2.45) is 0 Å². The van der Waals surface area contributed by atoms with Crippen LogP contribution in [0.5, 0.6) is 0 Å². The summed E-state index contributed by atoms with van der Waals surface area (Å²) < 4.78 is 4.13. The Bertz CT molecular complexity index is 389. The lowest BCUT2D eigenvalue weighted by Crippen LogP contribution is -2.30. The lowest BCUT2D eigenvalue weighted by Gasteiger charge is -2.23. The van der Waals surface area contributed by atoms with E-state index in [4.69, 9.17) is 0 Å². The van der Waals surface area contributed by atoms with E-state index in [2.05, 4.69) is 47.3 Å². The van der Waals surface area contributed by atoms with E-state index in [1.54, 1.807) is 11.5 Å². The number of aromatic nitrogens is 2. The van der Waals surface area contributed by atoms with E-state index in [0.717, 1.165) is 12.6 Å². The highest BCUT2D eigenvalue weighted by atomic mass is 32.1. The van der Waals surface area contributed by atoms with Crippen LogP contribution in [0.15, 0.2) is 0 Å². The molecule has 0 aliphatic carbocycles. The van der Waals surface area contributed by atoms with Crippen LogP contribution in [-0.4, -0.2) is 52.6 Å². The van der Waals surface area contributed by atoms with E-state index >= 15 is 0 Å². The smallest absolute Gasteiger partial charge is 0.0826 e. The van der Waals surface area contributed by atoms with Gasteiger partial charge in [0, 0.05) is 19.1 Å². The van der Waals surface area contributed by atoms with E-state index in [-0.39, 0.29) is 0 Å². The molecule has 0 spiro atoms. The highest BCUT2D eigenvalue weighted by Gasteiger charge is 2.20. The summed E-state index contributed by atoms with van der Waals surface area (Å²) >= 11 is 1.57. The first-order valence-corrected chi connectivity index (χ1v) is 8.05. The highest BCUT2D eigenvalue weighted by Crippen LogP contribution is 2.23. The Kier molecular flexibility index (Phi) is 5.30. The van der Waals surface area contributed by atoms with Gasteiger partial charge < -0.3 is 4.90 Å². The molecular formula is C14H26N4S. The average Bonchev–Trinajstić information content (AvgIpc) is 2.67. The summed E-state index contributed by atoms with van der Waals surface area (Å²) in [5.74, 6) is 0.482. The van der Waals surface area contributed by atoms with Crippen LogP contribution < -0.4 is 0 Å². The zero-order valence-electron chi connectivity index (χ0n) is 12.6. The van der Waals surface area contributed by atoms with Gasteiger partial charge in [0.1, 0.15) is 0 Å². The topological polar surface area (TPSA) is 32.3 Å². The van der Waals surface area contributed by atoms with E-state index in [1.807, 2.05) is 0 Å². The van der Waals surface area contributed by atoms with E-state index in [1.165, 1.54) is 42.9 Å². The van der Waals surface area contributed by atoms with Gasteiger partial charge in [0.25, 0.3) is 0 Å². The molecule has 1 aliphatic rings. The molecular weight excluding hydrogens is 256 g/mol. The van der Waals surface area contributed by atoms with Crippen molar-refractivity contribution < 1.29 is 0 Å². The lowest BCUT2D eigenvalue weighted by molar-refractivity contribution is 0.246. The zero-order valence-corrected chi connectivity index (χ0v) is 13.4. The van der Waals surface area contributed by atoms with Crippen LogP contribution in [0.3, 0.4) is 0 Å². The fourth-order valence-corrected chi connectivity index (χ4v) is 3.62. The Morgan fingerprint density at radius 1 is 1.32 bits per heavy atom. The number of likely N-dealkylation sites (tertiary alicyclic amines) is 1. The Labute approximate surface area is 121 Å². The SMILES string of the molecule is CC(C)c1nnsc1CN1CCC[C@H](N(C)C)CC1. The molecule has 4 nitrogen and oxygen atoms in total. The monoisotopic (exact) mass is 282 g/mol. The van der Waals surface area contributed by atoms with Crippen molar-refractivity contribution in [3.8, 4) is 0 Å². The number of hydrogen-bond acceptors (Lipinski definition) is 5. The average molecular weight is 282 g/mol. The Morgan fingerprint density at radius 2 is 2.11 bits per heavy atom. The largest absolute Gasteiger partial charge is 0.306 e. The molecule has 1 aromatic heterocycles. The molecule has 0 radical (unpaired) electrons. The summed E-state index contributed by atoms with van der Waals surface area (Å²) in [5.41, 5.74) is 1.19. The number of nitrogens with zero attached hydrogens (tertiary/aromatic N) is 4. The second-order valence-corrected chi connectivity index (χ2v) is 6.90. The van der Waals surface area contributed by atoms with Gasteiger partial charge in [-0.1, -0.05) is 18.3 Å². The minimum absolute atomic E-state index is 0.482. The third-order valence-corrected chi connectivity index (χ3v) is 4.74. The van der Waals surface area contributed by atoms with Gasteiger partial charge in [0.15, 0.2) is 0 Å². The van der Waals surface area contributed by atoms with Crippen LogP contribution in [0.2, 0.25) is 0 Å². The van der Waals surface area contributed by atoms with Gasteiger partial charge in [-0.15, -0.1) is 5.10 Å². The van der Waals surface area contributed by atoms with E-state index in [0.29, 0.717) is 5.92 Å². The second-order valence-electron chi connectivity index (χ2n) is 6.06. The van der Waals surface area contributed by atoms with Crippen molar-refractivity contribution in [2.45, 2.75) is 51.6 Å². The van der Waals surface area contributed by atoms with E-state index in [9.17, 15) is 0 Å². The van der Waals surface area contributed by atoms with Crippen LogP contribution in [0.1, 0.15) is 49.6 Å². The predicted molar refractivity (Wildman–Crippen MR) is 80.6 cm³/mol. The number of hydrogen-bond donors (Lipinski definition) is 0. The van der Waals surface area contributed by atoms with Gasteiger partial charge >= 0.3 is 0 Å². The molecule has 1 atom stereocenters.